The Labute approximate surface area is 160 Å². The molecule has 0 N–H and O–H groups in total. The summed E-state index contributed by atoms with van der Waals surface area (Å²) in [6.07, 6.45) is 0. The number of sulfonamides is 1. The fourth-order valence-corrected chi connectivity index (χ4v) is 4.66. The minimum absolute atomic E-state index is 0.149. The number of Topliss-reactive ketones (excluding diaryl/α,β-unsaturated/α-hetero) is 1. The molecule has 1 heterocycles. The summed E-state index contributed by atoms with van der Waals surface area (Å²) < 4.78 is 33.1. The number of benzene rings is 2. The van der Waals surface area contributed by atoms with Crippen molar-refractivity contribution >= 4 is 21.5 Å². The minimum atomic E-state index is -3.62. The number of carbonyl (C=O) groups excluding carboxylic acids is 1. The van der Waals surface area contributed by atoms with Gasteiger partial charge in [-0.05, 0) is 38.1 Å². The molecular weight excluding hydrogens is 364 g/mol. The highest BCUT2D eigenvalue weighted by Crippen LogP contribution is 2.29. The summed E-state index contributed by atoms with van der Waals surface area (Å²) >= 11 is 0. The van der Waals surface area contributed by atoms with Crippen LogP contribution in [0.4, 0.5) is 5.69 Å². The Kier molecular flexibility index (Phi) is 5.82. The van der Waals surface area contributed by atoms with Crippen molar-refractivity contribution in [2.24, 2.45) is 0 Å². The van der Waals surface area contributed by atoms with Crippen LogP contribution in [-0.2, 0) is 10.0 Å². The molecular formula is C20H24N2O4S. The highest BCUT2D eigenvalue weighted by Gasteiger charge is 2.29. The Morgan fingerprint density at radius 2 is 1.74 bits per heavy atom. The van der Waals surface area contributed by atoms with E-state index in [1.165, 1.54) is 17.3 Å². The monoisotopic (exact) mass is 388 g/mol. The molecule has 0 aromatic heterocycles. The summed E-state index contributed by atoms with van der Waals surface area (Å²) in [4.78, 5) is 13.9. The zero-order chi connectivity index (χ0) is 19.4. The number of rotatable bonds is 6. The van der Waals surface area contributed by atoms with Crippen LogP contribution in [0.1, 0.15) is 24.2 Å². The summed E-state index contributed by atoms with van der Waals surface area (Å²) in [6.45, 7) is 5.88. The van der Waals surface area contributed by atoms with Crippen molar-refractivity contribution < 1.29 is 17.9 Å². The summed E-state index contributed by atoms with van der Waals surface area (Å²) in [5, 5.41) is 0. The Hall–Kier alpha value is -2.38. The lowest BCUT2D eigenvalue weighted by molar-refractivity contribution is 0.101. The molecule has 0 aliphatic carbocycles. The van der Waals surface area contributed by atoms with E-state index in [-0.39, 0.29) is 10.7 Å². The van der Waals surface area contributed by atoms with Gasteiger partial charge in [0.1, 0.15) is 5.75 Å². The molecule has 0 unspecified atom stereocenters. The number of carbonyl (C=O) groups is 1. The normalized spacial score (nSPS) is 15.6. The minimum Gasteiger partial charge on any atom is -0.492 e. The lowest BCUT2D eigenvalue weighted by Gasteiger charge is -2.36. The zero-order valence-electron chi connectivity index (χ0n) is 15.6. The van der Waals surface area contributed by atoms with Crippen molar-refractivity contribution in [2.45, 2.75) is 18.7 Å². The van der Waals surface area contributed by atoms with Crippen LogP contribution in [0.15, 0.2) is 53.4 Å². The van der Waals surface area contributed by atoms with Gasteiger partial charge >= 0.3 is 0 Å². The molecule has 1 aliphatic rings. The van der Waals surface area contributed by atoms with Crippen LogP contribution in [0.25, 0.3) is 0 Å². The molecule has 6 nitrogen and oxygen atoms in total. The largest absolute Gasteiger partial charge is 0.492 e. The molecule has 0 atom stereocenters. The van der Waals surface area contributed by atoms with Gasteiger partial charge in [-0.3, -0.25) is 4.79 Å². The smallest absolute Gasteiger partial charge is 0.243 e. The standard InChI is InChI=1S/C20H24N2O4S/c1-3-26-20-10-5-4-9-19(20)21-11-13-22(14-12-21)27(24,25)18-8-6-7-17(15-18)16(2)23/h4-10,15H,3,11-14H2,1-2H3. The van der Waals surface area contributed by atoms with Crippen LogP contribution < -0.4 is 9.64 Å². The SMILES string of the molecule is CCOc1ccccc1N1CCN(S(=O)(=O)c2cccc(C(C)=O)c2)CC1. The van der Waals surface area contributed by atoms with Crippen molar-refractivity contribution in [3.63, 3.8) is 0 Å². The van der Waals surface area contributed by atoms with Crippen molar-refractivity contribution in [1.29, 1.82) is 0 Å². The highest BCUT2D eigenvalue weighted by atomic mass is 32.2. The van der Waals surface area contributed by atoms with Gasteiger partial charge < -0.3 is 9.64 Å². The van der Waals surface area contributed by atoms with E-state index >= 15 is 0 Å². The van der Waals surface area contributed by atoms with Crippen molar-refractivity contribution in [3.8, 4) is 5.75 Å². The summed E-state index contributed by atoms with van der Waals surface area (Å²) in [5.41, 5.74) is 1.38. The molecule has 3 rings (SSSR count). The maximum Gasteiger partial charge on any atom is 0.243 e. The molecule has 0 spiro atoms. The van der Waals surface area contributed by atoms with Crippen LogP contribution in [0.5, 0.6) is 5.75 Å². The molecule has 27 heavy (non-hydrogen) atoms. The third kappa shape index (κ3) is 4.14. The maximum atomic E-state index is 12.9. The fourth-order valence-electron chi connectivity index (χ4n) is 3.19. The van der Waals surface area contributed by atoms with E-state index < -0.39 is 10.0 Å². The lowest BCUT2D eigenvalue weighted by Crippen LogP contribution is -2.48. The van der Waals surface area contributed by atoms with Gasteiger partial charge in [0.15, 0.2) is 5.78 Å². The Balaban J connectivity index is 1.75. The topological polar surface area (TPSA) is 66.9 Å². The maximum absolute atomic E-state index is 12.9. The number of hydrogen-bond donors (Lipinski definition) is 0. The zero-order valence-corrected chi connectivity index (χ0v) is 16.4. The van der Waals surface area contributed by atoms with E-state index in [2.05, 4.69) is 4.90 Å². The summed E-state index contributed by atoms with van der Waals surface area (Å²) in [7, 11) is -3.62. The van der Waals surface area contributed by atoms with Gasteiger partial charge in [0.25, 0.3) is 0 Å². The molecule has 7 heteroatoms. The number of piperazine rings is 1. The molecule has 0 amide bonds. The Bertz CT molecular complexity index is 919. The second-order valence-corrected chi connectivity index (χ2v) is 8.31. The van der Waals surface area contributed by atoms with Gasteiger partial charge in [-0.25, -0.2) is 8.42 Å². The number of nitrogens with zero attached hydrogens (tertiary/aromatic N) is 2. The Morgan fingerprint density at radius 3 is 2.41 bits per heavy atom. The molecule has 0 radical (unpaired) electrons. The van der Waals surface area contributed by atoms with Crippen LogP contribution in [-0.4, -0.2) is 51.3 Å². The van der Waals surface area contributed by atoms with Gasteiger partial charge in [-0.1, -0.05) is 24.3 Å². The quantitative estimate of drug-likeness (QED) is 0.712. The van der Waals surface area contributed by atoms with Crippen molar-refractivity contribution in [1.82, 2.24) is 4.31 Å². The van der Waals surface area contributed by atoms with Crippen molar-refractivity contribution in [2.75, 3.05) is 37.7 Å². The lowest BCUT2D eigenvalue weighted by atomic mass is 10.2. The van der Waals surface area contributed by atoms with Gasteiger partial charge in [0.2, 0.25) is 10.0 Å². The molecule has 0 saturated carbocycles. The van der Waals surface area contributed by atoms with Gasteiger partial charge in [0.05, 0.1) is 17.2 Å². The molecule has 1 saturated heterocycles. The predicted molar refractivity (Wildman–Crippen MR) is 105 cm³/mol. The van der Waals surface area contributed by atoms with Crippen molar-refractivity contribution in [3.05, 3.63) is 54.1 Å². The number of ketones is 1. The second-order valence-electron chi connectivity index (χ2n) is 6.38. The van der Waals surface area contributed by atoms with Crippen LogP contribution >= 0.6 is 0 Å². The summed E-state index contributed by atoms with van der Waals surface area (Å²) in [6, 6.07) is 14.0. The third-order valence-electron chi connectivity index (χ3n) is 4.62. The van der Waals surface area contributed by atoms with E-state index in [0.717, 1.165) is 11.4 Å². The first-order valence-electron chi connectivity index (χ1n) is 9.01. The van der Waals surface area contributed by atoms with E-state index in [9.17, 15) is 13.2 Å². The van der Waals surface area contributed by atoms with Gasteiger partial charge in [-0.2, -0.15) is 4.31 Å². The molecule has 2 aromatic carbocycles. The second kappa shape index (κ2) is 8.10. The molecule has 1 fully saturated rings. The fraction of sp³-hybridized carbons (Fsp3) is 0.350. The molecule has 1 aliphatic heterocycles. The number of ether oxygens (including phenoxy) is 1. The first kappa shape index (κ1) is 19.4. The van der Waals surface area contributed by atoms with E-state index in [0.29, 0.717) is 38.3 Å². The summed E-state index contributed by atoms with van der Waals surface area (Å²) in [5.74, 6) is 0.662. The van der Waals surface area contributed by atoms with E-state index in [1.807, 2.05) is 31.2 Å². The van der Waals surface area contributed by atoms with E-state index in [4.69, 9.17) is 4.74 Å². The van der Waals surface area contributed by atoms with E-state index in [1.54, 1.807) is 18.2 Å². The van der Waals surface area contributed by atoms with Crippen LogP contribution in [0.2, 0.25) is 0 Å². The molecule has 2 aromatic rings. The number of anilines is 1. The average Bonchev–Trinajstić information content (AvgIpc) is 2.69. The number of para-hydroxylation sites is 2. The number of hydrogen-bond acceptors (Lipinski definition) is 5. The highest BCUT2D eigenvalue weighted by molar-refractivity contribution is 7.89. The first-order valence-corrected chi connectivity index (χ1v) is 10.5. The average molecular weight is 388 g/mol. The van der Waals surface area contributed by atoms with Crippen LogP contribution in [0, 0.1) is 0 Å². The third-order valence-corrected chi connectivity index (χ3v) is 6.52. The predicted octanol–water partition coefficient (Wildman–Crippen LogP) is 2.80. The Morgan fingerprint density at radius 1 is 1.04 bits per heavy atom. The molecule has 0 bridgehead atoms. The molecule has 144 valence electrons. The van der Waals surface area contributed by atoms with Crippen LogP contribution in [0.3, 0.4) is 0 Å². The van der Waals surface area contributed by atoms with Gasteiger partial charge in [-0.15, -0.1) is 0 Å². The first-order chi connectivity index (χ1) is 12.9. The van der Waals surface area contributed by atoms with Gasteiger partial charge in [0, 0.05) is 31.7 Å².